The molecule has 3 aromatic carbocycles. The molecule has 1 amide bonds. The largest absolute Gasteiger partial charge is 0.488 e. The first-order chi connectivity index (χ1) is 15.7. The zero-order chi connectivity index (χ0) is 21.9. The van der Waals surface area contributed by atoms with E-state index in [2.05, 4.69) is 23.2 Å². The van der Waals surface area contributed by atoms with Crippen LogP contribution in [0.1, 0.15) is 11.4 Å². The van der Waals surface area contributed by atoms with Gasteiger partial charge in [-0.1, -0.05) is 60.7 Å². The highest BCUT2D eigenvalue weighted by Gasteiger charge is 2.25. The lowest BCUT2D eigenvalue weighted by molar-refractivity contribution is -0.115. The van der Waals surface area contributed by atoms with Crippen molar-refractivity contribution >= 4 is 17.7 Å². The van der Waals surface area contributed by atoms with Crippen LogP contribution in [0.4, 0.5) is 5.69 Å². The van der Waals surface area contributed by atoms with Gasteiger partial charge < -0.3 is 14.2 Å². The highest BCUT2D eigenvalue weighted by molar-refractivity contribution is 6.09. The number of hydrogen-bond acceptors (Lipinski definition) is 3. The fourth-order valence-corrected chi connectivity index (χ4v) is 3.87. The van der Waals surface area contributed by atoms with E-state index in [4.69, 9.17) is 4.74 Å². The van der Waals surface area contributed by atoms with Gasteiger partial charge in [-0.25, -0.2) is 4.98 Å². The lowest BCUT2D eigenvalue weighted by Gasteiger charge is -2.26. The molecule has 158 valence electrons. The molecule has 0 saturated heterocycles. The number of aromatic nitrogens is 2. The van der Waals surface area contributed by atoms with Gasteiger partial charge in [0.15, 0.2) is 0 Å². The first-order valence-corrected chi connectivity index (χ1v) is 10.5. The number of carbonyl (C=O) groups excluding carboxylic acids is 1. The molecule has 0 radical (unpaired) electrons. The third-order valence-electron chi connectivity index (χ3n) is 5.64. The first kappa shape index (κ1) is 19.8. The van der Waals surface area contributed by atoms with Gasteiger partial charge in [0, 0.05) is 30.7 Å². The Labute approximate surface area is 187 Å². The topological polar surface area (TPSA) is 47.4 Å². The lowest BCUT2D eigenvalue weighted by Crippen LogP contribution is -2.34. The number of para-hydroxylation sites is 1. The Morgan fingerprint density at radius 1 is 1.00 bits per heavy atom. The highest BCUT2D eigenvalue weighted by atomic mass is 16.5. The normalized spacial score (nSPS) is 12.5. The van der Waals surface area contributed by atoms with E-state index in [0.717, 1.165) is 34.0 Å². The molecule has 0 spiro atoms. The van der Waals surface area contributed by atoms with Crippen molar-refractivity contribution in [3.05, 3.63) is 108 Å². The second-order valence-corrected chi connectivity index (χ2v) is 7.76. The minimum absolute atomic E-state index is 0.0901. The first-order valence-electron chi connectivity index (χ1n) is 10.5. The second-order valence-electron chi connectivity index (χ2n) is 7.76. The smallest absolute Gasteiger partial charge is 0.258 e. The molecule has 0 saturated carbocycles. The molecule has 4 aromatic rings. The van der Waals surface area contributed by atoms with Crippen molar-refractivity contribution < 1.29 is 9.53 Å². The van der Waals surface area contributed by atoms with E-state index in [-0.39, 0.29) is 12.5 Å². The van der Waals surface area contributed by atoms with E-state index in [1.165, 1.54) is 0 Å². The molecule has 1 aliphatic heterocycles. The van der Waals surface area contributed by atoms with Crippen molar-refractivity contribution in [2.75, 3.05) is 11.5 Å². The van der Waals surface area contributed by atoms with Crippen LogP contribution >= 0.6 is 0 Å². The number of hydrogen-bond donors (Lipinski definition) is 0. The number of carbonyl (C=O) groups is 1. The van der Waals surface area contributed by atoms with Crippen molar-refractivity contribution in [1.29, 1.82) is 0 Å². The summed E-state index contributed by atoms with van der Waals surface area (Å²) in [5.41, 5.74) is 4.51. The van der Waals surface area contributed by atoms with Crippen molar-refractivity contribution in [2.45, 2.75) is 6.54 Å². The molecule has 0 N–H and O–H groups in total. The van der Waals surface area contributed by atoms with Crippen LogP contribution in [0, 0.1) is 0 Å². The van der Waals surface area contributed by atoms with E-state index in [1.54, 1.807) is 11.1 Å². The Hall–Kier alpha value is -4.12. The van der Waals surface area contributed by atoms with Gasteiger partial charge in [-0.3, -0.25) is 4.79 Å². The van der Waals surface area contributed by atoms with Gasteiger partial charge >= 0.3 is 0 Å². The second kappa shape index (κ2) is 8.55. The maximum Gasteiger partial charge on any atom is 0.258 e. The molecule has 1 aromatic heterocycles. The Morgan fingerprint density at radius 2 is 1.78 bits per heavy atom. The Kier molecular flexibility index (Phi) is 5.30. The van der Waals surface area contributed by atoms with E-state index in [0.29, 0.717) is 12.1 Å². The Balaban J connectivity index is 1.54. The van der Waals surface area contributed by atoms with Gasteiger partial charge in [-0.15, -0.1) is 0 Å². The predicted molar refractivity (Wildman–Crippen MR) is 126 cm³/mol. The molecule has 0 bridgehead atoms. The van der Waals surface area contributed by atoms with Crippen molar-refractivity contribution in [3.63, 3.8) is 0 Å². The Bertz CT molecular complexity index is 1290. The van der Waals surface area contributed by atoms with Gasteiger partial charge in [0.25, 0.3) is 5.91 Å². The highest BCUT2D eigenvalue weighted by Crippen LogP contribution is 2.30. The third-order valence-corrected chi connectivity index (χ3v) is 5.64. The fourth-order valence-electron chi connectivity index (χ4n) is 3.87. The van der Waals surface area contributed by atoms with Crippen LogP contribution in [-0.2, 0) is 18.4 Å². The molecule has 0 unspecified atom stereocenters. The van der Waals surface area contributed by atoms with Gasteiger partial charge in [0.1, 0.15) is 18.2 Å². The summed E-state index contributed by atoms with van der Waals surface area (Å²) >= 11 is 0. The molecule has 0 atom stereocenters. The van der Waals surface area contributed by atoms with Gasteiger partial charge in [0.05, 0.1) is 12.1 Å². The number of aryl methyl sites for hydroxylation is 1. The zero-order valence-electron chi connectivity index (χ0n) is 17.8. The number of amides is 1. The van der Waals surface area contributed by atoms with Crippen LogP contribution in [0.15, 0.2) is 96.8 Å². The summed E-state index contributed by atoms with van der Waals surface area (Å²) in [4.78, 5) is 20.0. The third kappa shape index (κ3) is 3.93. The minimum Gasteiger partial charge on any atom is -0.488 e. The van der Waals surface area contributed by atoms with Crippen LogP contribution in [0.5, 0.6) is 5.75 Å². The van der Waals surface area contributed by atoms with Crippen LogP contribution in [-0.4, -0.2) is 22.1 Å². The van der Waals surface area contributed by atoms with Crippen molar-refractivity contribution in [2.24, 2.45) is 7.05 Å². The number of ether oxygens (including phenoxy) is 1. The van der Waals surface area contributed by atoms with Crippen LogP contribution < -0.4 is 9.64 Å². The lowest BCUT2D eigenvalue weighted by atomic mass is 10.0. The van der Waals surface area contributed by atoms with E-state index in [9.17, 15) is 4.79 Å². The maximum atomic E-state index is 13.7. The Morgan fingerprint density at radius 3 is 2.59 bits per heavy atom. The molecule has 5 nitrogen and oxygen atoms in total. The van der Waals surface area contributed by atoms with Gasteiger partial charge in [-0.05, 0) is 35.4 Å². The molecular weight excluding hydrogens is 398 g/mol. The van der Waals surface area contributed by atoms with Crippen LogP contribution in [0.2, 0.25) is 0 Å². The summed E-state index contributed by atoms with van der Waals surface area (Å²) in [6.07, 6.45) is 5.56. The average molecular weight is 422 g/mol. The maximum absolute atomic E-state index is 13.7. The monoisotopic (exact) mass is 421 g/mol. The molecule has 0 fully saturated rings. The quantitative estimate of drug-likeness (QED) is 0.451. The van der Waals surface area contributed by atoms with Gasteiger partial charge in [0.2, 0.25) is 0 Å². The minimum atomic E-state index is -0.0901. The molecule has 1 aliphatic rings. The fraction of sp³-hybridized carbons (Fsp3) is 0.111. The number of imidazole rings is 1. The zero-order valence-corrected chi connectivity index (χ0v) is 17.8. The van der Waals surface area contributed by atoms with E-state index < -0.39 is 0 Å². The molecular formula is C27H23N3O2. The average Bonchev–Trinajstić information content (AvgIpc) is 3.26. The predicted octanol–water partition coefficient (Wildman–Crippen LogP) is 5.10. The molecule has 5 heteroatoms. The summed E-state index contributed by atoms with van der Waals surface area (Å²) in [5, 5.41) is 0. The van der Waals surface area contributed by atoms with Crippen LogP contribution in [0.25, 0.3) is 17.2 Å². The van der Waals surface area contributed by atoms with Crippen LogP contribution in [0.3, 0.4) is 0 Å². The molecule has 32 heavy (non-hydrogen) atoms. The number of nitrogens with zero attached hydrogens (tertiary/aromatic N) is 3. The number of anilines is 1. The number of fused-ring (bicyclic) bond motifs is 1. The van der Waals surface area contributed by atoms with Crippen molar-refractivity contribution in [3.8, 4) is 16.9 Å². The summed E-state index contributed by atoms with van der Waals surface area (Å²) in [6.45, 7) is 0.602. The SMILES string of the molecule is Cn1ccnc1CN(C(=O)C1=Cc2ccccc2OC1)c1cccc(-c2ccccc2)c1. The van der Waals surface area contributed by atoms with E-state index >= 15 is 0 Å². The summed E-state index contributed by atoms with van der Waals surface area (Å²) < 4.78 is 7.79. The summed E-state index contributed by atoms with van der Waals surface area (Å²) in [7, 11) is 1.94. The molecule has 0 aliphatic carbocycles. The number of rotatable bonds is 5. The molecule has 2 heterocycles. The summed E-state index contributed by atoms with van der Waals surface area (Å²) in [5.74, 6) is 1.51. The molecule has 5 rings (SSSR count). The van der Waals surface area contributed by atoms with Crippen molar-refractivity contribution in [1.82, 2.24) is 9.55 Å². The summed E-state index contributed by atoms with van der Waals surface area (Å²) in [6, 6.07) is 26.0. The van der Waals surface area contributed by atoms with Gasteiger partial charge in [-0.2, -0.15) is 0 Å². The van der Waals surface area contributed by atoms with E-state index in [1.807, 2.05) is 84.6 Å². The standard InChI is InChI=1S/C27H23N3O2/c1-29-15-14-28-26(29)18-30(24-12-7-11-21(17-24)20-8-3-2-4-9-20)27(31)23-16-22-10-5-6-13-25(22)32-19-23/h2-17H,18-19H2,1H3. The number of benzene rings is 3.